The molecular weight excluding hydrogens is 346 g/mol. The number of amides is 1. The molecule has 1 N–H and O–H groups in total. The molecule has 0 saturated heterocycles. The van der Waals surface area contributed by atoms with Crippen LogP contribution in [0, 0.1) is 6.92 Å². The second-order valence-electron chi connectivity index (χ2n) is 6.59. The molecule has 8 nitrogen and oxygen atoms in total. The van der Waals surface area contributed by atoms with E-state index in [2.05, 4.69) is 25.2 Å². The number of aryl methyl sites for hydroxylation is 2. The normalized spacial score (nSPS) is 13.7. The second-order valence-corrected chi connectivity index (χ2v) is 6.59. The summed E-state index contributed by atoms with van der Waals surface area (Å²) in [5, 5.41) is 15.2. The van der Waals surface area contributed by atoms with Gasteiger partial charge in [0.25, 0.3) is 11.8 Å². The molecular formula is C19H21N5O3. The average Bonchev–Trinajstić information content (AvgIpc) is 3.20. The Hall–Kier alpha value is -3.16. The van der Waals surface area contributed by atoms with E-state index < -0.39 is 0 Å². The number of aromatic nitrogens is 4. The Morgan fingerprint density at radius 3 is 2.85 bits per heavy atom. The Morgan fingerprint density at radius 1 is 1.22 bits per heavy atom. The van der Waals surface area contributed by atoms with Crippen molar-refractivity contribution < 1.29 is 14.1 Å². The maximum Gasteiger partial charge on any atom is 0.262 e. The van der Waals surface area contributed by atoms with Gasteiger partial charge in [-0.3, -0.25) is 4.79 Å². The lowest BCUT2D eigenvalue weighted by Gasteiger charge is -2.09. The molecule has 3 aromatic rings. The monoisotopic (exact) mass is 367 g/mol. The highest BCUT2D eigenvalue weighted by molar-refractivity contribution is 5.92. The Balaban J connectivity index is 1.39. The molecule has 3 heterocycles. The molecule has 0 saturated carbocycles. The first-order chi connectivity index (χ1) is 13.2. The van der Waals surface area contributed by atoms with Gasteiger partial charge in [0.1, 0.15) is 11.6 Å². The number of carbonyl (C=O) groups is 1. The van der Waals surface area contributed by atoms with Crippen molar-refractivity contribution in [3.05, 3.63) is 41.9 Å². The van der Waals surface area contributed by atoms with Crippen molar-refractivity contribution in [3.63, 3.8) is 0 Å². The van der Waals surface area contributed by atoms with E-state index >= 15 is 0 Å². The zero-order valence-electron chi connectivity index (χ0n) is 15.1. The summed E-state index contributed by atoms with van der Waals surface area (Å²) in [6.45, 7) is 2.58. The largest absolute Gasteiger partial charge is 0.465 e. The van der Waals surface area contributed by atoms with Crippen LogP contribution in [0.15, 0.2) is 34.9 Å². The maximum absolute atomic E-state index is 12.0. The van der Waals surface area contributed by atoms with Gasteiger partial charge in [0.2, 0.25) is 0 Å². The highest BCUT2D eigenvalue weighted by Crippen LogP contribution is 2.24. The number of benzene rings is 1. The van der Waals surface area contributed by atoms with E-state index in [-0.39, 0.29) is 12.5 Å². The predicted octanol–water partition coefficient (Wildman–Crippen LogP) is 2.99. The molecule has 4 rings (SSSR count). The lowest BCUT2D eigenvalue weighted by molar-refractivity contribution is -0.118. The predicted molar refractivity (Wildman–Crippen MR) is 98.4 cm³/mol. The Labute approximate surface area is 156 Å². The number of hydrogen-bond acceptors (Lipinski definition) is 6. The van der Waals surface area contributed by atoms with Gasteiger partial charge in [-0.15, -0.1) is 10.2 Å². The number of nitrogens with zero attached hydrogens (tertiary/aromatic N) is 4. The molecule has 8 heteroatoms. The first kappa shape index (κ1) is 17.3. The minimum absolute atomic E-state index is 0.134. The fraction of sp³-hybridized carbons (Fsp3) is 0.368. The zero-order valence-corrected chi connectivity index (χ0v) is 15.1. The fourth-order valence-electron chi connectivity index (χ4n) is 3.15. The summed E-state index contributed by atoms with van der Waals surface area (Å²) < 4.78 is 12.4. The van der Waals surface area contributed by atoms with Crippen molar-refractivity contribution in [1.82, 2.24) is 19.9 Å². The Morgan fingerprint density at radius 2 is 2.07 bits per heavy atom. The molecule has 140 valence electrons. The van der Waals surface area contributed by atoms with Crippen LogP contribution in [0.4, 0.5) is 5.69 Å². The highest BCUT2D eigenvalue weighted by Gasteiger charge is 2.16. The standard InChI is InChI=1S/C19H21N5O3/c1-13-11-18(23-27-13)26-12-17(25)20-15-8-6-14(7-9-15)19-22-21-16-5-3-2-4-10-24(16)19/h6-9,11H,2-5,10,12H2,1H3,(H,20,25). The van der Waals surface area contributed by atoms with Gasteiger partial charge in [0.05, 0.1) is 0 Å². The molecule has 0 spiro atoms. The van der Waals surface area contributed by atoms with Crippen LogP contribution in [0.25, 0.3) is 11.4 Å². The Kier molecular flexibility index (Phi) is 4.86. The number of ether oxygens (including phenoxy) is 1. The number of rotatable bonds is 5. The lowest BCUT2D eigenvalue weighted by Crippen LogP contribution is -2.20. The van der Waals surface area contributed by atoms with E-state index in [9.17, 15) is 4.79 Å². The molecule has 1 aliphatic rings. The highest BCUT2D eigenvalue weighted by atomic mass is 16.5. The van der Waals surface area contributed by atoms with E-state index in [4.69, 9.17) is 9.26 Å². The Bertz CT molecular complexity index is 929. The summed E-state index contributed by atoms with van der Waals surface area (Å²) >= 11 is 0. The van der Waals surface area contributed by atoms with Crippen LogP contribution in [0.3, 0.4) is 0 Å². The average molecular weight is 367 g/mol. The van der Waals surface area contributed by atoms with Crippen molar-refractivity contribution in [2.75, 3.05) is 11.9 Å². The van der Waals surface area contributed by atoms with Crippen molar-refractivity contribution in [2.24, 2.45) is 0 Å². The second kappa shape index (κ2) is 7.61. The van der Waals surface area contributed by atoms with Crippen molar-refractivity contribution in [3.8, 4) is 17.3 Å². The molecule has 0 fully saturated rings. The lowest BCUT2D eigenvalue weighted by atomic mass is 10.2. The third kappa shape index (κ3) is 3.99. The summed E-state index contributed by atoms with van der Waals surface area (Å²) in [5.41, 5.74) is 1.68. The molecule has 1 amide bonds. The molecule has 2 aromatic heterocycles. The third-order valence-electron chi connectivity index (χ3n) is 4.49. The van der Waals surface area contributed by atoms with Crippen LogP contribution < -0.4 is 10.1 Å². The van der Waals surface area contributed by atoms with Gasteiger partial charge >= 0.3 is 0 Å². The molecule has 0 bridgehead atoms. The maximum atomic E-state index is 12.0. The number of carbonyl (C=O) groups excluding carboxylic acids is 1. The van der Waals surface area contributed by atoms with E-state index in [1.807, 2.05) is 24.3 Å². The minimum atomic E-state index is -0.264. The summed E-state index contributed by atoms with van der Waals surface area (Å²) in [5.74, 6) is 2.60. The van der Waals surface area contributed by atoms with Gasteiger partial charge in [0.15, 0.2) is 12.4 Å². The van der Waals surface area contributed by atoms with Crippen LogP contribution in [-0.4, -0.2) is 32.4 Å². The molecule has 0 unspecified atom stereocenters. The van der Waals surface area contributed by atoms with Crippen LogP contribution in [0.2, 0.25) is 0 Å². The van der Waals surface area contributed by atoms with Gasteiger partial charge in [-0.2, -0.15) is 0 Å². The first-order valence-corrected chi connectivity index (χ1v) is 9.07. The number of hydrogen-bond donors (Lipinski definition) is 1. The van der Waals surface area contributed by atoms with E-state index in [0.29, 0.717) is 17.3 Å². The molecule has 1 aromatic carbocycles. The quantitative estimate of drug-likeness (QED) is 0.745. The topological polar surface area (TPSA) is 95.1 Å². The number of anilines is 1. The number of fused-ring (bicyclic) bond motifs is 1. The van der Waals surface area contributed by atoms with Crippen LogP contribution >= 0.6 is 0 Å². The smallest absolute Gasteiger partial charge is 0.262 e. The summed E-state index contributed by atoms with van der Waals surface area (Å²) in [6, 6.07) is 9.22. The fourth-order valence-corrected chi connectivity index (χ4v) is 3.15. The van der Waals surface area contributed by atoms with Crippen molar-refractivity contribution >= 4 is 11.6 Å². The SMILES string of the molecule is Cc1cc(OCC(=O)Nc2ccc(-c3nnc4n3CCCCC4)cc2)no1. The molecule has 0 aliphatic carbocycles. The van der Waals surface area contributed by atoms with Crippen molar-refractivity contribution in [2.45, 2.75) is 39.2 Å². The van der Waals surface area contributed by atoms with Crippen molar-refractivity contribution in [1.29, 1.82) is 0 Å². The van der Waals surface area contributed by atoms with Gasteiger partial charge in [-0.1, -0.05) is 6.42 Å². The van der Waals surface area contributed by atoms with E-state index in [1.54, 1.807) is 13.0 Å². The molecule has 0 atom stereocenters. The van der Waals surface area contributed by atoms with Gasteiger partial charge < -0.3 is 19.1 Å². The van der Waals surface area contributed by atoms with E-state index in [0.717, 1.165) is 36.6 Å². The molecule has 1 aliphatic heterocycles. The summed E-state index contributed by atoms with van der Waals surface area (Å²) in [4.78, 5) is 12.0. The number of nitrogens with one attached hydrogen (secondary N) is 1. The van der Waals surface area contributed by atoms with Crippen LogP contribution in [-0.2, 0) is 17.8 Å². The van der Waals surface area contributed by atoms with Gasteiger partial charge in [0, 0.05) is 30.3 Å². The van der Waals surface area contributed by atoms with E-state index in [1.165, 1.54) is 12.8 Å². The zero-order chi connectivity index (χ0) is 18.6. The minimum Gasteiger partial charge on any atom is -0.465 e. The molecule has 27 heavy (non-hydrogen) atoms. The summed E-state index contributed by atoms with van der Waals surface area (Å²) in [7, 11) is 0. The van der Waals surface area contributed by atoms with Gasteiger partial charge in [-0.25, -0.2) is 0 Å². The van der Waals surface area contributed by atoms with Crippen LogP contribution in [0.1, 0.15) is 30.8 Å². The van der Waals surface area contributed by atoms with Gasteiger partial charge in [-0.05, 0) is 49.2 Å². The first-order valence-electron chi connectivity index (χ1n) is 9.07. The third-order valence-corrected chi connectivity index (χ3v) is 4.49. The summed E-state index contributed by atoms with van der Waals surface area (Å²) in [6.07, 6.45) is 4.52. The molecule has 0 radical (unpaired) electrons. The van der Waals surface area contributed by atoms with Crippen LogP contribution in [0.5, 0.6) is 5.88 Å².